The zero-order chi connectivity index (χ0) is 8.59. The second-order valence-corrected chi connectivity index (χ2v) is 3.27. The van der Waals surface area contributed by atoms with Gasteiger partial charge in [0.05, 0.1) is 5.69 Å². The van der Waals surface area contributed by atoms with Gasteiger partial charge < -0.3 is 5.84 Å². The summed E-state index contributed by atoms with van der Waals surface area (Å²) >= 11 is 3.38. The van der Waals surface area contributed by atoms with Gasteiger partial charge in [-0.15, -0.1) is 0 Å². The number of nitrogens with two attached hydrogens (primary N) is 1. The molecule has 1 heterocycles. The van der Waals surface area contributed by atoms with Crippen LogP contribution in [0.1, 0.15) is 11.3 Å². The molecule has 0 aliphatic rings. The number of nitrogens with one attached hydrogen (secondary N) is 1. The number of hydrogen-bond acceptors (Lipinski definition) is 2. The average molecular weight is 216 g/mol. The quantitative estimate of drug-likeness (QED) is 0.626. The Morgan fingerprint density at radius 2 is 2.09 bits per heavy atom. The molecule has 0 saturated carbocycles. The number of rotatable bonds is 0. The minimum absolute atomic E-state index is 0.322. The van der Waals surface area contributed by atoms with Crippen LogP contribution in [0.15, 0.2) is 10.5 Å². The fourth-order valence-electron chi connectivity index (χ4n) is 0.910. The van der Waals surface area contributed by atoms with E-state index in [1.54, 1.807) is 6.07 Å². The summed E-state index contributed by atoms with van der Waals surface area (Å²) in [5.41, 5.74) is 2.23. The molecule has 1 aromatic rings. The molecule has 0 atom stereocenters. The zero-order valence-electron chi connectivity index (χ0n) is 6.48. The predicted octanol–water partition coefficient (Wildman–Crippen LogP) is 1.06. The number of nitrogens with zero attached hydrogens (tertiary/aromatic N) is 1. The van der Waals surface area contributed by atoms with Crippen LogP contribution in [0.3, 0.4) is 0 Å². The maximum atomic E-state index is 7.42. The maximum absolute atomic E-state index is 7.42. The predicted molar refractivity (Wildman–Crippen MR) is 47.6 cm³/mol. The summed E-state index contributed by atoms with van der Waals surface area (Å²) in [4.78, 5) is 0. The largest absolute Gasteiger partial charge is 0.337 e. The van der Waals surface area contributed by atoms with E-state index in [0.717, 1.165) is 15.7 Å². The first-order chi connectivity index (χ1) is 5.04. The van der Waals surface area contributed by atoms with Crippen LogP contribution in [0.2, 0.25) is 0 Å². The molecule has 0 spiro atoms. The summed E-state index contributed by atoms with van der Waals surface area (Å²) in [7, 11) is 0. The second-order valence-electron chi connectivity index (χ2n) is 2.48. The van der Waals surface area contributed by atoms with Crippen molar-refractivity contribution in [2.24, 2.45) is 0 Å². The van der Waals surface area contributed by atoms with Crippen LogP contribution in [-0.2, 0) is 0 Å². The molecule has 0 radical (unpaired) electrons. The lowest BCUT2D eigenvalue weighted by molar-refractivity contribution is 0.828. The number of nitrogen functional groups attached to an aromatic ring is 1. The van der Waals surface area contributed by atoms with Gasteiger partial charge in [-0.1, -0.05) is 0 Å². The van der Waals surface area contributed by atoms with Crippen LogP contribution in [0.5, 0.6) is 0 Å². The molecule has 1 rings (SSSR count). The van der Waals surface area contributed by atoms with Crippen molar-refractivity contribution in [2.75, 3.05) is 5.84 Å². The highest BCUT2D eigenvalue weighted by atomic mass is 79.9. The number of aryl methyl sites for hydroxylation is 1. The zero-order valence-corrected chi connectivity index (χ0v) is 8.07. The van der Waals surface area contributed by atoms with E-state index in [0.29, 0.717) is 5.49 Å². The first-order valence-corrected chi connectivity index (χ1v) is 4.01. The third kappa shape index (κ3) is 1.30. The third-order valence-corrected chi connectivity index (χ3v) is 2.84. The minimum Gasteiger partial charge on any atom is -0.337 e. The van der Waals surface area contributed by atoms with Crippen molar-refractivity contribution in [1.82, 2.24) is 4.68 Å². The normalized spacial score (nSPS) is 10.1. The van der Waals surface area contributed by atoms with E-state index in [1.807, 2.05) is 13.8 Å². The van der Waals surface area contributed by atoms with Gasteiger partial charge in [-0.25, -0.2) is 4.68 Å². The first kappa shape index (κ1) is 8.33. The number of halogens is 1. The van der Waals surface area contributed by atoms with Crippen LogP contribution in [0, 0.1) is 19.3 Å². The molecule has 0 saturated heterocycles. The van der Waals surface area contributed by atoms with E-state index in [9.17, 15) is 0 Å². The van der Waals surface area contributed by atoms with Gasteiger partial charge in [0.2, 0.25) is 0 Å². The fourth-order valence-corrected chi connectivity index (χ4v) is 1.22. The van der Waals surface area contributed by atoms with Gasteiger partial charge in [0.15, 0.2) is 0 Å². The molecule has 0 unspecified atom stereocenters. The van der Waals surface area contributed by atoms with E-state index in [1.165, 1.54) is 4.68 Å². The Balaban J connectivity index is 3.59. The van der Waals surface area contributed by atoms with Crippen molar-refractivity contribution in [3.63, 3.8) is 0 Å². The molecule has 0 bridgehead atoms. The molecule has 0 aromatic carbocycles. The fraction of sp³-hybridized carbons (Fsp3) is 0.286. The lowest BCUT2D eigenvalue weighted by Gasteiger charge is -2.08. The Hall–Kier alpha value is -0.770. The van der Waals surface area contributed by atoms with E-state index >= 15 is 0 Å². The molecule has 60 valence electrons. The van der Waals surface area contributed by atoms with Gasteiger partial charge in [0, 0.05) is 4.47 Å². The van der Waals surface area contributed by atoms with Crippen LogP contribution in [0.4, 0.5) is 0 Å². The van der Waals surface area contributed by atoms with Crippen LogP contribution in [-0.4, -0.2) is 4.68 Å². The molecule has 1 aromatic heterocycles. The van der Waals surface area contributed by atoms with Crippen LogP contribution in [0.25, 0.3) is 0 Å². The second kappa shape index (κ2) is 2.70. The lowest BCUT2D eigenvalue weighted by Crippen LogP contribution is -2.29. The topological polar surface area (TPSA) is 54.8 Å². The summed E-state index contributed by atoms with van der Waals surface area (Å²) in [6.45, 7) is 3.81. The van der Waals surface area contributed by atoms with Gasteiger partial charge in [-0.2, -0.15) is 0 Å². The number of aromatic nitrogens is 1. The summed E-state index contributed by atoms with van der Waals surface area (Å²) in [5, 5.41) is 7.42. The molecule has 3 nitrogen and oxygen atoms in total. The standard InChI is InChI=1S/C7H10BrN3/c1-4-3-6(9)11(10)5(2)7(4)8/h3,9H,10H2,1-2H3. The van der Waals surface area contributed by atoms with Crippen LogP contribution >= 0.6 is 15.9 Å². The summed E-state index contributed by atoms with van der Waals surface area (Å²) in [6.07, 6.45) is 0. The SMILES string of the molecule is Cc1cc(=N)n(N)c(C)c1Br. The average Bonchev–Trinajstić information content (AvgIpc) is 1.97. The Morgan fingerprint density at radius 3 is 2.64 bits per heavy atom. The van der Waals surface area contributed by atoms with E-state index in [-0.39, 0.29) is 0 Å². The Morgan fingerprint density at radius 1 is 1.55 bits per heavy atom. The summed E-state index contributed by atoms with van der Waals surface area (Å²) in [6, 6.07) is 1.72. The Labute approximate surface area is 73.5 Å². The molecule has 3 N–H and O–H groups in total. The molecule has 0 aliphatic heterocycles. The molecule has 4 heteroatoms. The van der Waals surface area contributed by atoms with Gasteiger partial charge in [-0.05, 0) is 41.4 Å². The van der Waals surface area contributed by atoms with E-state index in [4.69, 9.17) is 11.3 Å². The summed E-state index contributed by atoms with van der Waals surface area (Å²) < 4.78 is 2.31. The molecule has 0 aliphatic carbocycles. The van der Waals surface area contributed by atoms with Crippen molar-refractivity contribution in [2.45, 2.75) is 13.8 Å². The van der Waals surface area contributed by atoms with Gasteiger partial charge in [0.25, 0.3) is 0 Å². The van der Waals surface area contributed by atoms with E-state index in [2.05, 4.69) is 15.9 Å². The monoisotopic (exact) mass is 215 g/mol. The lowest BCUT2D eigenvalue weighted by atomic mass is 10.2. The molecule has 0 amide bonds. The smallest absolute Gasteiger partial charge is 0.143 e. The number of hydrogen-bond donors (Lipinski definition) is 2. The first-order valence-electron chi connectivity index (χ1n) is 3.22. The third-order valence-electron chi connectivity index (χ3n) is 1.64. The molecular weight excluding hydrogens is 206 g/mol. The van der Waals surface area contributed by atoms with Crippen molar-refractivity contribution in [1.29, 1.82) is 5.41 Å². The highest BCUT2D eigenvalue weighted by Crippen LogP contribution is 2.16. The van der Waals surface area contributed by atoms with Crippen LogP contribution < -0.4 is 11.3 Å². The van der Waals surface area contributed by atoms with Gasteiger partial charge >= 0.3 is 0 Å². The minimum atomic E-state index is 0.322. The van der Waals surface area contributed by atoms with Gasteiger partial charge in [-0.3, -0.25) is 5.41 Å². The Kier molecular flexibility index (Phi) is 2.04. The molecule has 11 heavy (non-hydrogen) atoms. The molecular formula is C7H10BrN3. The van der Waals surface area contributed by atoms with Crippen molar-refractivity contribution >= 4 is 15.9 Å². The van der Waals surface area contributed by atoms with Crippen molar-refractivity contribution in [3.8, 4) is 0 Å². The van der Waals surface area contributed by atoms with Gasteiger partial charge in [0.1, 0.15) is 5.49 Å². The highest BCUT2D eigenvalue weighted by Gasteiger charge is 2.01. The summed E-state index contributed by atoms with van der Waals surface area (Å²) in [5.74, 6) is 5.55. The highest BCUT2D eigenvalue weighted by molar-refractivity contribution is 9.10. The number of pyridine rings is 1. The van der Waals surface area contributed by atoms with Crippen molar-refractivity contribution < 1.29 is 0 Å². The Bertz CT molecular complexity index is 340. The van der Waals surface area contributed by atoms with E-state index < -0.39 is 0 Å². The van der Waals surface area contributed by atoms with Crippen molar-refractivity contribution in [3.05, 3.63) is 27.3 Å². The molecule has 0 fully saturated rings. The maximum Gasteiger partial charge on any atom is 0.143 e.